The van der Waals surface area contributed by atoms with E-state index in [9.17, 15) is 41.6 Å². The lowest BCUT2D eigenvalue weighted by atomic mass is 9.85. The first-order valence-electron chi connectivity index (χ1n) is 28.0. The van der Waals surface area contributed by atoms with Crippen LogP contribution in [0.4, 0.5) is 24.5 Å². The Labute approximate surface area is 493 Å². The van der Waals surface area contributed by atoms with E-state index in [2.05, 4.69) is 35.4 Å². The summed E-state index contributed by atoms with van der Waals surface area (Å²) in [5, 5.41) is 15.3. The fourth-order valence-corrected chi connectivity index (χ4v) is 13.3. The fourth-order valence-electron chi connectivity index (χ4n) is 11.3. The number of fused-ring (bicyclic) bond motifs is 1. The second-order valence-electron chi connectivity index (χ2n) is 23.0. The summed E-state index contributed by atoms with van der Waals surface area (Å²) in [7, 11) is -4.39. The first kappa shape index (κ1) is 60.3. The average Bonchev–Trinajstić information content (AvgIpc) is 2.27. The zero-order valence-electron chi connectivity index (χ0n) is 47.3. The number of aryl methyl sites for hydroxylation is 1. The predicted octanol–water partition coefficient (Wildman–Crippen LogP) is 5.90. The van der Waals surface area contributed by atoms with Crippen molar-refractivity contribution in [1.29, 1.82) is 0 Å². The van der Waals surface area contributed by atoms with Crippen LogP contribution < -0.4 is 20.3 Å². The maximum Gasteiger partial charge on any atom is 0.306 e. The predicted molar refractivity (Wildman–Crippen MR) is 311 cm³/mol. The first-order valence-corrected chi connectivity index (χ1v) is 30.3. The topological polar surface area (TPSA) is 260 Å². The molecule has 0 unspecified atom stereocenters. The molecule has 85 heavy (non-hydrogen) atoms. The molecule has 10 rings (SSSR count). The van der Waals surface area contributed by atoms with Crippen LogP contribution in [-0.2, 0) is 45.5 Å². The van der Waals surface area contributed by atoms with Gasteiger partial charge in [-0.3, -0.25) is 43.3 Å². The maximum atomic E-state index is 15.9. The summed E-state index contributed by atoms with van der Waals surface area (Å²) in [6.45, 7) is 11.2. The van der Waals surface area contributed by atoms with E-state index < -0.39 is 105 Å². The number of esters is 1. The van der Waals surface area contributed by atoms with Crippen molar-refractivity contribution < 1.29 is 60.2 Å². The number of halogens is 3. The van der Waals surface area contributed by atoms with Crippen molar-refractivity contribution in [1.82, 2.24) is 44.6 Å². The lowest BCUT2D eigenvalue weighted by molar-refractivity contribution is -0.152. The monoisotopic (exact) mass is 1210 g/mol. The molecule has 26 heteroatoms. The zero-order valence-corrected chi connectivity index (χ0v) is 48.9. The van der Waals surface area contributed by atoms with Crippen LogP contribution in [0.15, 0.2) is 84.6 Å². The summed E-state index contributed by atoms with van der Waals surface area (Å²) in [5.74, 6) is -6.90. The molecule has 3 amide bonds. The molecule has 7 heterocycles. The molecule has 0 aliphatic carbocycles. The van der Waals surface area contributed by atoms with Crippen molar-refractivity contribution in [3.63, 3.8) is 0 Å². The van der Waals surface area contributed by atoms with Crippen LogP contribution in [0, 0.1) is 24.0 Å². The highest BCUT2D eigenvalue weighted by atomic mass is 32.2. The Hall–Kier alpha value is -7.78. The van der Waals surface area contributed by atoms with E-state index in [1.165, 1.54) is 22.4 Å². The number of thiazole rings is 1. The number of aliphatic carboxylic acids is 1. The smallest absolute Gasteiger partial charge is 0.306 e. The van der Waals surface area contributed by atoms with Gasteiger partial charge in [0.1, 0.15) is 35.8 Å². The molecule has 21 nitrogen and oxygen atoms in total. The number of nitrogens with one attached hydrogen (secondary N) is 4. The summed E-state index contributed by atoms with van der Waals surface area (Å²) in [6, 6.07) is 17.0. The number of piperazine rings is 1. The van der Waals surface area contributed by atoms with E-state index in [4.69, 9.17) is 9.84 Å². The molecule has 4 atom stereocenters. The summed E-state index contributed by atoms with van der Waals surface area (Å²) in [6.07, 6.45) is -0.190. The highest BCUT2D eigenvalue weighted by Crippen LogP contribution is 2.34. The molecule has 6 aromatic rings. The highest BCUT2D eigenvalue weighted by molar-refractivity contribution is 7.90. The van der Waals surface area contributed by atoms with Gasteiger partial charge in [0.05, 0.1) is 53.3 Å². The van der Waals surface area contributed by atoms with E-state index >= 15 is 8.78 Å². The molecule has 0 radical (unpaired) electrons. The number of amides is 3. The lowest BCUT2D eigenvalue weighted by Crippen LogP contribution is -2.65. The van der Waals surface area contributed by atoms with Gasteiger partial charge < -0.3 is 35.3 Å². The van der Waals surface area contributed by atoms with Gasteiger partial charge in [-0.1, -0.05) is 57.2 Å². The van der Waals surface area contributed by atoms with Gasteiger partial charge in [0.15, 0.2) is 5.82 Å². The zero-order chi connectivity index (χ0) is 60.5. The minimum Gasteiger partial charge on any atom is -0.481 e. The van der Waals surface area contributed by atoms with Gasteiger partial charge in [0, 0.05) is 106 Å². The van der Waals surface area contributed by atoms with Gasteiger partial charge in [0.25, 0.3) is 0 Å². The number of likely N-dealkylation sites (tertiary alicyclic amines) is 2. The number of carboxylic acid groups (broad SMARTS) is 1. The number of alkyl halides is 1. The van der Waals surface area contributed by atoms with Gasteiger partial charge in [0.2, 0.25) is 23.5 Å². The Kier molecular flexibility index (Phi) is 17.8. The Morgan fingerprint density at radius 1 is 0.882 bits per heavy atom. The largest absolute Gasteiger partial charge is 0.481 e. The molecule has 3 aromatic carbocycles. The molecule has 0 spiro atoms. The number of benzene rings is 3. The molecular formula is C59H66F3N11O10S2. The van der Waals surface area contributed by atoms with Gasteiger partial charge >= 0.3 is 22.1 Å². The number of nitrogens with zero attached hydrogens (tertiary/aromatic N) is 7. The molecule has 3 aromatic heterocycles. The van der Waals surface area contributed by atoms with Gasteiger partial charge in [-0.2, -0.15) is 12.7 Å². The molecule has 4 aliphatic rings. The van der Waals surface area contributed by atoms with E-state index in [0.717, 1.165) is 75.6 Å². The fraction of sp³-hybridized carbons (Fsp3) is 0.424. The minimum absolute atomic E-state index is 0.0156. The van der Waals surface area contributed by atoms with Crippen molar-refractivity contribution in [3.8, 4) is 21.6 Å². The van der Waals surface area contributed by atoms with Crippen molar-refractivity contribution in [2.45, 2.75) is 90.3 Å². The molecule has 4 fully saturated rings. The van der Waals surface area contributed by atoms with Gasteiger partial charge in [-0.15, -0.1) is 11.3 Å². The number of rotatable bonds is 20. The summed E-state index contributed by atoms with van der Waals surface area (Å²) >= 11 is 1.53. The summed E-state index contributed by atoms with van der Waals surface area (Å²) < 4.78 is 79.1. The number of carbonyl (C=O) groups excluding carboxylic acids is 5. The Bertz CT molecular complexity index is 3620. The number of aromatic amines is 1. The molecule has 5 N–H and O–H groups in total. The lowest BCUT2D eigenvalue weighted by Gasteiger charge is -2.48. The van der Waals surface area contributed by atoms with Gasteiger partial charge in [-0.05, 0) is 65.8 Å². The number of H-pyrrole nitrogens is 1. The van der Waals surface area contributed by atoms with E-state index in [0.29, 0.717) is 24.0 Å². The summed E-state index contributed by atoms with van der Waals surface area (Å²) in [4.78, 5) is 101. The van der Waals surface area contributed by atoms with Crippen LogP contribution in [0.1, 0.15) is 73.6 Å². The number of aromatic nitrogens is 3. The number of hydrogen-bond acceptors (Lipinski definition) is 15. The minimum atomic E-state index is -4.39. The quantitative estimate of drug-likeness (QED) is 0.0440. The van der Waals surface area contributed by atoms with Crippen LogP contribution in [0.5, 0.6) is 0 Å². The van der Waals surface area contributed by atoms with E-state index in [-0.39, 0.29) is 68.6 Å². The number of hydrogen-bond donors (Lipinski definition) is 5. The molecule has 4 aliphatic heterocycles. The maximum absolute atomic E-state index is 15.9. The van der Waals surface area contributed by atoms with Crippen LogP contribution in [0.2, 0.25) is 0 Å². The van der Waals surface area contributed by atoms with Crippen molar-refractivity contribution in [3.05, 3.63) is 119 Å². The molecular weight excluding hydrogens is 1140 g/mol. The Morgan fingerprint density at radius 3 is 2.26 bits per heavy atom. The third kappa shape index (κ3) is 13.7. The Balaban J connectivity index is 0.716. The number of ketones is 1. The first-order chi connectivity index (χ1) is 40.5. The van der Waals surface area contributed by atoms with Gasteiger partial charge in [-0.25, -0.2) is 23.1 Å². The third-order valence-electron chi connectivity index (χ3n) is 16.0. The number of carbonyl (C=O) groups is 6. The molecule has 4 saturated heterocycles. The van der Waals surface area contributed by atoms with Crippen LogP contribution in [-0.4, -0.2) is 179 Å². The standard InChI is InChI=1S/C59H66F3N11O10S2/c1-34-54(84-33-66-34)37-7-5-35(6-8-37)25-65-57(79)47-24-42(83-50(77)16-15-49(75)76)31-73(47)58(80)55(59(2,3)4)67-48(74)32-69-29-41(30-69)71-21-19-70(20-22-71)40-11-9-36(10-12-40)38-23-43-44(27-64-56(43)63-26-38)53(78)51-45(61)13-14-46(52(51)62)68-85(81,82)72-18-17-39(60)28-72/h5-14,23,26-27,33,39,41-42,47,55,68H,15-22,24-25,28-32H2,1-4H3,(H,63,64)(H,65,79)(H,67,74)(H,75,76)/t39-,42-,47+,55-/m1/s1. The number of carboxylic acids is 1. The SMILES string of the molecule is Cc1ncsc1-c1ccc(CNC(=O)[C@@H]2C[C@@H](OC(=O)CCC(=O)O)CN2C(=O)[C@@H](NC(=O)CN2CC(N3CCN(c4ccc(-c5cnc6[nH]cc(C(=O)c7c(F)ccc(NS(=O)(=O)N8CC[C@@H](F)C8)c7F)c6c5)cc4)CC3)C2)C(C)(C)C)cc1. The number of ether oxygens (including phenoxy) is 1. The van der Waals surface area contributed by atoms with E-state index in [1.807, 2.05) is 85.8 Å². The van der Waals surface area contributed by atoms with E-state index in [1.54, 1.807) is 17.8 Å². The van der Waals surface area contributed by atoms with Crippen LogP contribution >= 0.6 is 11.3 Å². The third-order valence-corrected chi connectivity index (χ3v) is 18.5. The van der Waals surface area contributed by atoms with Crippen molar-refractivity contribution in [2.75, 3.05) is 75.1 Å². The van der Waals surface area contributed by atoms with Crippen LogP contribution in [0.3, 0.4) is 0 Å². The number of anilines is 2. The average molecular weight is 1210 g/mol. The van der Waals surface area contributed by atoms with Crippen molar-refractivity contribution in [2.24, 2.45) is 5.41 Å². The van der Waals surface area contributed by atoms with Crippen molar-refractivity contribution >= 4 is 79.4 Å². The normalized spacial score (nSPS) is 19.4. The molecule has 0 saturated carbocycles. The highest BCUT2D eigenvalue weighted by Gasteiger charge is 2.47. The summed E-state index contributed by atoms with van der Waals surface area (Å²) in [5.41, 5.74) is 4.68. The second-order valence-corrected chi connectivity index (χ2v) is 25.5. The molecule has 450 valence electrons. The number of pyridine rings is 1. The Morgan fingerprint density at radius 2 is 1.60 bits per heavy atom. The molecule has 0 bridgehead atoms. The second kappa shape index (κ2) is 25.0. The van der Waals surface area contributed by atoms with Crippen LogP contribution in [0.25, 0.3) is 32.6 Å².